The van der Waals surface area contributed by atoms with E-state index < -0.39 is 18.0 Å². The van der Waals surface area contributed by atoms with Crippen LogP contribution in [0.15, 0.2) is 54.6 Å². The number of rotatable bonds is 7. The van der Waals surface area contributed by atoms with Crippen LogP contribution in [0.3, 0.4) is 0 Å². The Hall–Kier alpha value is -2.73. The number of halogens is 1. The number of amides is 3. The van der Waals surface area contributed by atoms with Gasteiger partial charge in [0.2, 0.25) is 0 Å². The first-order chi connectivity index (χ1) is 12.1. The van der Waals surface area contributed by atoms with Gasteiger partial charge in [0.05, 0.1) is 6.54 Å². The van der Waals surface area contributed by atoms with Crippen molar-refractivity contribution in [1.29, 1.82) is 0 Å². The molecule has 132 valence electrons. The predicted octanol–water partition coefficient (Wildman–Crippen LogP) is 1.52. The van der Waals surface area contributed by atoms with E-state index in [-0.39, 0.29) is 5.82 Å². The highest BCUT2D eigenvalue weighted by atomic mass is 19.1. The highest BCUT2D eigenvalue weighted by Crippen LogP contribution is 2.09. The van der Waals surface area contributed by atoms with E-state index in [0.717, 1.165) is 5.56 Å². The van der Waals surface area contributed by atoms with Gasteiger partial charge in [0.1, 0.15) is 5.82 Å². The summed E-state index contributed by atoms with van der Waals surface area (Å²) < 4.78 is 13.7. The fourth-order valence-corrected chi connectivity index (χ4v) is 2.56. The summed E-state index contributed by atoms with van der Waals surface area (Å²) in [6, 6.07) is 14.7. The summed E-state index contributed by atoms with van der Waals surface area (Å²) in [7, 11) is 0. The monoisotopic (exact) mass is 344 g/mol. The van der Waals surface area contributed by atoms with Crippen molar-refractivity contribution >= 4 is 11.9 Å². The molecule has 25 heavy (non-hydrogen) atoms. The molecule has 0 saturated carbocycles. The molecule has 0 aliphatic carbocycles. The quantitative estimate of drug-likeness (QED) is 0.712. The zero-order valence-corrected chi connectivity index (χ0v) is 14.2. The molecule has 0 spiro atoms. The van der Waals surface area contributed by atoms with Crippen LogP contribution in [0.2, 0.25) is 0 Å². The van der Waals surface area contributed by atoms with Crippen LogP contribution in [0.4, 0.5) is 9.18 Å². The van der Waals surface area contributed by atoms with Crippen molar-refractivity contribution in [1.82, 2.24) is 10.6 Å². The van der Waals surface area contributed by atoms with Crippen LogP contribution in [0.1, 0.15) is 24.1 Å². The van der Waals surface area contributed by atoms with Gasteiger partial charge in [0.15, 0.2) is 6.04 Å². The van der Waals surface area contributed by atoms with Crippen LogP contribution in [0.25, 0.3) is 0 Å². The molecule has 0 fully saturated rings. The van der Waals surface area contributed by atoms with E-state index in [1.165, 1.54) is 6.07 Å². The first kappa shape index (κ1) is 18.6. The highest BCUT2D eigenvalue weighted by molar-refractivity contribution is 5.96. The zero-order valence-electron chi connectivity index (χ0n) is 14.2. The maximum absolute atomic E-state index is 13.7. The molecule has 2 aromatic rings. The Morgan fingerprint density at radius 2 is 1.76 bits per heavy atom. The lowest BCUT2D eigenvalue weighted by atomic mass is 10.1. The molecule has 6 heteroatoms. The van der Waals surface area contributed by atoms with Crippen molar-refractivity contribution in [2.24, 2.45) is 0 Å². The minimum atomic E-state index is -0.574. The SMILES string of the molecule is CCNC(=O)NC(=O)[C@@H]([NH2+]CCc1ccccc1F)c1ccccc1. The Labute approximate surface area is 146 Å². The van der Waals surface area contributed by atoms with E-state index in [1.54, 1.807) is 25.1 Å². The standard InChI is InChI=1S/C19H22FN3O2/c1-2-21-19(25)23-18(24)17(15-9-4-3-5-10-15)22-13-12-14-8-6-7-11-16(14)20/h3-11,17,22H,2,12-13H2,1H3,(H2,21,23,24,25)/p+1/t17-/m0/s1. The first-order valence-electron chi connectivity index (χ1n) is 8.32. The summed E-state index contributed by atoms with van der Waals surface area (Å²) >= 11 is 0. The number of benzene rings is 2. The van der Waals surface area contributed by atoms with Gasteiger partial charge < -0.3 is 10.6 Å². The van der Waals surface area contributed by atoms with E-state index in [4.69, 9.17) is 0 Å². The number of imide groups is 1. The number of urea groups is 1. The molecule has 0 radical (unpaired) electrons. The number of hydrogen-bond donors (Lipinski definition) is 3. The number of nitrogens with two attached hydrogens (primary N) is 1. The summed E-state index contributed by atoms with van der Waals surface area (Å²) in [6.07, 6.45) is 0.491. The van der Waals surface area contributed by atoms with Gasteiger partial charge in [-0.2, -0.15) is 0 Å². The van der Waals surface area contributed by atoms with Gasteiger partial charge >= 0.3 is 6.03 Å². The van der Waals surface area contributed by atoms with Crippen LogP contribution in [0, 0.1) is 5.82 Å². The number of carbonyl (C=O) groups is 2. The fraction of sp³-hybridized carbons (Fsp3) is 0.263. The fourth-order valence-electron chi connectivity index (χ4n) is 2.56. The number of hydrogen-bond acceptors (Lipinski definition) is 2. The van der Waals surface area contributed by atoms with Gasteiger partial charge in [-0.3, -0.25) is 10.1 Å². The number of nitrogens with one attached hydrogen (secondary N) is 2. The van der Waals surface area contributed by atoms with Gasteiger partial charge in [0.25, 0.3) is 5.91 Å². The van der Waals surface area contributed by atoms with E-state index in [1.807, 2.05) is 35.6 Å². The molecule has 0 bridgehead atoms. The largest absolute Gasteiger partial charge is 0.338 e. The lowest BCUT2D eigenvalue weighted by Crippen LogP contribution is -2.88. The smallest absolute Gasteiger partial charge is 0.321 e. The molecule has 0 saturated heterocycles. The summed E-state index contributed by atoms with van der Waals surface area (Å²) in [4.78, 5) is 24.1. The van der Waals surface area contributed by atoms with Gasteiger partial charge in [-0.25, -0.2) is 9.18 Å². The molecular formula is C19H23FN3O2+. The second kappa shape index (κ2) is 9.54. The van der Waals surface area contributed by atoms with Crippen LogP contribution in [-0.4, -0.2) is 25.0 Å². The van der Waals surface area contributed by atoms with Crippen molar-refractivity contribution in [3.63, 3.8) is 0 Å². The Bertz CT molecular complexity index is 707. The Morgan fingerprint density at radius 1 is 1.08 bits per heavy atom. The summed E-state index contributed by atoms with van der Waals surface area (Å²) in [5.41, 5.74) is 1.40. The van der Waals surface area contributed by atoms with Gasteiger partial charge in [-0.15, -0.1) is 0 Å². The second-order valence-electron chi connectivity index (χ2n) is 5.60. The molecule has 0 aliphatic heterocycles. The first-order valence-corrected chi connectivity index (χ1v) is 8.32. The molecule has 5 nitrogen and oxygen atoms in total. The van der Waals surface area contributed by atoms with E-state index in [2.05, 4.69) is 10.6 Å². The van der Waals surface area contributed by atoms with Crippen molar-refractivity contribution in [2.75, 3.05) is 13.1 Å². The van der Waals surface area contributed by atoms with E-state index in [9.17, 15) is 14.0 Å². The maximum Gasteiger partial charge on any atom is 0.321 e. The van der Waals surface area contributed by atoms with Crippen LogP contribution in [0.5, 0.6) is 0 Å². The van der Waals surface area contributed by atoms with Crippen molar-refractivity contribution in [3.05, 3.63) is 71.5 Å². The molecule has 3 amide bonds. The summed E-state index contributed by atoms with van der Waals surface area (Å²) in [6.45, 7) is 2.73. The number of quaternary nitrogens is 1. The molecule has 1 atom stereocenters. The third-order valence-corrected chi connectivity index (χ3v) is 3.79. The number of carbonyl (C=O) groups excluding carboxylic acids is 2. The maximum atomic E-state index is 13.7. The Balaban J connectivity index is 2.03. The van der Waals surface area contributed by atoms with Crippen molar-refractivity contribution < 1.29 is 19.3 Å². The lowest BCUT2D eigenvalue weighted by molar-refractivity contribution is -0.682. The second-order valence-corrected chi connectivity index (χ2v) is 5.60. The zero-order chi connectivity index (χ0) is 18.1. The van der Waals surface area contributed by atoms with Crippen LogP contribution in [-0.2, 0) is 11.2 Å². The average Bonchev–Trinajstić information content (AvgIpc) is 2.61. The lowest BCUT2D eigenvalue weighted by Gasteiger charge is -2.15. The molecule has 0 unspecified atom stereocenters. The third kappa shape index (κ3) is 5.69. The highest BCUT2D eigenvalue weighted by Gasteiger charge is 2.25. The van der Waals surface area contributed by atoms with Crippen molar-refractivity contribution in [3.8, 4) is 0 Å². The summed E-state index contributed by atoms with van der Waals surface area (Å²) in [5.74, 6) is -0.649. The average molecular weight is 344 g/mol. The minimum Gasteiger partial charge on any atom is -0.338 e. The summed E-state index contributed by atoms with van der Waals surface area (Å²) in [5, 5.41) is 6.70. The van der Waals surface area contributed by atoms with E-state index in [0.29, 0.717) is 25.1 Å². The normalized spacial score (nSPS) is 11.6. The topological polar surface area (TPSA) is 74.8 Å². The molecule has 0 aliphatic rings. The molecular weight excluding hydrogens is 321 g/mol. The molecule has 2 aromatic carbocycles. The Kier molecular flexibility index (Phi) is 7.10. The van der Waals surface area contributed by atoms with Crippen LogP contribution < -0.4 is 16.0 Å². The molecule has 2 rings (SSSR count). The van der Waals surface area contributed by atoms with Crippen LogP contribution >= 0.6 is 0 Å². The van der Waals surface area contributed by atoms with Gasteiger partial charge in [-0.1, -0.05) is 48.5 Å². The molecule has 0 aromatic heterocycles. The van der Waals surface area contributed by atoms with Gasteiger partial charge in [0, 0.05) is 18.5 Å². The molecule has 4 N–H and O–H groups in total. The van der Waals surface area contributed by atoms with Crippen molar-refractivity contribution in [2.45, 2.75) is 19.4 Å². The third-order valence-electron chi connectivity index (χ3n) is 3.79. The Morgan fingerprint density at radius 3 is 2.44 bits per heavy atom. The molecule has 0 heterocycles. The van der Waals surface area contributed by atoms with Gasteiger partial charge in [-0.05, 0) is 18.6 Å². The van der Waals surface area contributed by atoms with E-state index >= 15 is 0 Å². The minimum absolute atomic E-state index is 0.251. The predicted molar refractivity (Wildman–Crippen MR) is 93.3 cm³/mol.